The first-order valence-corrected chi connectivity index (χ1v) is 8.76. The molecule has 0 aromatic rings. The molecule has 3 fully saturated rings. The molecule has 3 aliphatic rings. The summed E-state index contributed by atoms with van der Waals surface area (Å²) in [4.78, 5) is 15.1. The van der Waals surface area contributed by atoms with Gasteiger partial charge in [0, 0.05) is 33.4 Å². The highest BCUT2D eigenvalue weighted by Gasteiger charge is 2.50. The molecule has 1 N–H and O–H groups in total. The third-order valence-electron chi connectivity index (χ3n) is 6.02. The van der Waals surface area contributed by atoms with Gasteiger partial charge in [0.25, 0.3) is 0 Å². The van der Waals surface area contributed by atoms with Crippen molar-refractivity contribution in [1.29, 1.82) is 0 Å². The van der Waals surface area contributed by atoms with Gasteiger partial charge in [0.1, 0.15) is 0 Å². The minimum Gasteiger partial charge on any atom is -0.381 e. The van der Waals surface area contributed by atoms with E-state index in [2.05, 4.69) is 5.32 Å². The van der Waals surface area contributed by atoms with E-state index in [4.69, 9.17) is 4.74 Å². The van der Waals surface area contributed by atoms with Gasteiger partial charge in [-0.1, -0.05) is 12.8 Å². The van der Waals surface area contributed by atoms with E-state index in [1.807, 2.05) is 11.9 Å². The van der Waals surface area contributed by atoms with Crippen molar-refractivity contribution in [2.24, 2.45) is 17.3 Å². The van der Waals surface area contributed by atoms with E-state index in [0.717, 1.165) is 64.4 Å². The minimum absolute atomic E-state index is 0.0807. The molecule has 1 saturated carbocycles. The summed E-state index contributed by atoms with van der Waals surface area (Å²) in [7, 11) is 2.01. The Morgan fingerprint density at radius 1 is 1.29 bits per heavy atom. The Morgan fingerprint density at radius 3 is 2.90 bits per heavy atom. The fraction of sp³-hybridized carbons (Fsp3) is 0.941. The van der Waals surface area contributed by atoms with Gasteiger partial charge in [0.2, 0.25) is 5.91 Å². The molecule has 0 aromatic heterocycles. The molecule has 1 aliphatic carbocycles. The average Bonchev–Trinajstić information content (AvgIpc) is 2.98. The van der Waals surface area contributed by atoms with Gasteiger partial charge >= 0.3 is 0 Å². The van der Waals surface area contributed by atoms with Crippen molar-refractivity contribution in [1.82, 2.24) is 10.2 Å². The Bertz CT molecular complexity index is 368. The average molecular weight is 294 g/mol. The second-order valence-electron chi connectivity index (χ2n) is 7.30. The molecule has 0 unspecified atom stereocenters. The number of nitrogens with zero attached hydrogens (tertiary/aromatic N) is 1. The molecule has 0 aromatic carbocycles. The van der Waals surface area contributed by atoms with E-state index in [9.17, 15) is 4.79 Å². The normalized spacial score (nSPS) is 33.7. The van der Waals surface area contributed by atoms with Crippen LogP contribution in [-0.4, -0.2) is 50.7 Å². The molecule has 1 amide bonds. The Balaban J connectivity index is 1.55. The first-order chi connectivity index (χ1) is 10.2. The van der Waals surface area contributed by atoms with Crippen LogP contribution in [0.4, 0.5) is 0 Å². The predicted octanol–water partition coefficient (Wildman–Crippen LogP) is 2.04. The highest BCUT2D eigenvalue weighted by atomic mass is 16.5. The molecule has 2 aliphatic heterocycles. The quantitative estimate of drug-likeness (QED) is 0.863. The number of hydrogen-bond acceptors (Lipinski definition) is 3. The predicted molar refractivity (Wildman–Crippen MR) is 83.1 cm³/mol. The summed E-state index contributed by atoms with van der Waals surface area (Å²) in [6.45, 7) is 4.66. The van der Waals surface area contributed by atoms with Gasteiger partial charge in [-0.15, -0.1) is 0 Å². The van der Waals surface area contributed by atoms with Gasteiger partial charge in [-0.3, -0.25) is 4.79 Å². The summed E-state index contributed by atoms with van der Waals surface area (Å²) in [5.41, 5.74) is -0.0807. The molecule has 2 atom stereocenters. The van der Waals surface area contributed by atoms with E-state index in [1.165, 1.54) is 19.3 Å². The van der Waals surface area contributed by atoms with Crippen LogP contribution in [0.3, 0.4) is 0 Å². The fourth-order valence-corrected chi connectivity index (χ4v) is 4.56. The van der Waals surface area contributed by atoms with Gasteiger partial charge < -0.3 is 15.0 Å². The highest BCUT2D eigenvalue weighted by Crippen LogP contribution is 2.45. The van der Waals surface area contributed by atoms with E-state index < -0.39 is 0 Å². The SMILES string of the molecule is CN(CCC1CCOCC1)C(=O)[C@@]12CCCC[C@H]1CNC2. The lowest BCUT2D eigenvalue weighted by atomic mass is 9.67. The number of nitrogens with one attached hydrogen (secondary N) is 1. The van der Waals surface area contributed by atoms with Gasteiger partial charge in [-0.05, 0) is 50.5 Å². The number of carbonyl (C=O) groups excluding carboxylic acids is 1. The van der Waals surface area contributed by atoms with Crippen molar-refractivity contribution in [3.05, 3.63) is 0 Å². The molecule has 21 heavy (non-hydrogen) atoms. The van der Waals surface area contributed by atoms with Crippen LogP contribution in [0.5, 0.6) is 0 Å². The number of ether oxygens (including phenoxy) is 1. The van der Waals surface area contributed by atoms with Crippen LogP contribution >= 0.6 is 0 Å². The summed E-state index contributed by atoms with van der Waals surface area (Å²) < 4.78 is 5.42. The van der Waals surface area contributed by atoms with Crippen LogP contribution in [0.2, 0.25) is 0 Å². The van der Waals surface area contributed by atoms with Gasteiger partial charge in [0.15, 0.2) is 0 Å². The molecule has 4 nitrogen and oxygen atoms in total. The van der Waals surface area contributed by atoms with Gasteiger partial charge in [-0.2, -0.15) is 0 Å². The van der Waals surface area contributed by atoms with Crippen LogP contribution in [0.15, 0.2) is 0 Å². The summed E-state index contributed by atoms with van der Waals surface area (Å²) in [6.07, 6.45) is 8.30. The zero-order valence-electron chi connectivity index (χ0n) is 13.4. The third kappa shape index (κ3) is 3.11. The molecule has 2 saturated heterocycles. The summed E-state index contributed by atoms with van der Waals surface area (Å²) in [5, 5.41) is 3.48. The number of rotatable bonds is 4. The second-order valence-corrected chi connectivity index (χ2v) is 7.30. The molecular weight excluding hydrogens is 264 g/mol. The minimum atomic E-state index is -0.0807. The van der Waals surface area contributed by atoms with Crippen molar-refractivity contribution in [3.8, 4) is 0 Å². The molecule has 0 spiro atoms. The number of carbonyl (C=O) groups is 1. The fourth-order valence-electron chi connectivity index (χ4n) is 4.56. The van der Waals surface area contributed by atoms with Crippen LogP contribution in [-0.2, 0) is 9.53 Å². The van der Waals surface area contributed by atoms with Gasteiger partial charge in [-0.25, -0.2) is 0 Å². The van der Waals surface area contributed by atoms with E-state index in [0.29, 0.717) is 11.8 Å². The first kappa shape index (κ1) is 15.3. The Morgan fingerprint density at radius 2 is 2.10 bits per heavy atom. The van der Waals surface area contributed by atoms with E-state index >= 15 is 0 Å². The van der Waals surface area contributed by atoms with E-state index in [1.54, 1.807) is 0 Å². The summed E-state index contributed by atoms with van der Waals surface area (Å²) >= 11 is 0. The van der Waals surface area contributed by atoms with Crippen LogP contribution in [0, 0.1) is 17.3 Å². The van der Waals surface area contributed by atoms with Crippen molar-refractivity contribution in [2.75, 3.05) is 39.9 Å². The molecule has 120 valence electrons. The van der Waals surface area contributed by atoms with E-state index in [-0.39, 0.29) is 5.41 Å². The van der Waals surface area contributed by atoms with Crippen LogP contribution < -0.4 is 5.32 Å². The lowest BCUT2D eigenvalue weighted by molar-refractivity contribution is -0.144. The maximum Gasteiger partial charge on any atom is 0.230 e. The van der Waals surface area contributed by atoms with Crippen LogP contribution in [0.1, 0.15) is 44.9 Å². The molecule has 2 heterocycles. The van der Waals surface area contributed by atoms with Crippen molar-refractivity contribution in [3.63, 3.8) is 0 Å². The summed E-state index contributed by atoms with van der Waals surface area (Å²) in [6, 6.07) is 0. The molecule has 0 radical (unpaired) electrons. The molecule has 0 bridgehead atoms. The number of hydrogen-bond donors (Lipinski definition) is 1. The topological polar surface area (TPSA) is 41.6 Å². The maximum absolute atomic E-state index is 13.0. The van der Waals surface area contributed by atoms with Crippen molar-refractivity contribution in [2.45, 2.75) is 44.9 Å². The smallest absolute Gasteiger partial charge is 0.230 e. The lowest BCUT2D eigenvalue weighted by Gasteiger charge is -2.40. The zero-order chi connectivity index (χ0) is 14.7. The Hall–Kier alpha value is -0.610. The zero-order valence-corrected chi connectivity index (χ0v) is 13.4. The monoisotopic (exact) mass is 294 g/mol. The number of fused-ring (bicyclic) bond motifs is 1. The molecule has 3 rings (SSSR count). The lowest BCUT2D eigenvalue weighted by Crippen LogP contribution is -2.48. The first-order valence-electron chi connectivity index (χ1n) is 8.76. The second kappa shape index (κ2) is 6.66. The maximum atomic E-state index is 13.0. The van der Waals surface area contributed by atoms with Gasteiger partial charge in [0.05, 0.1) is 5.41 Å². The molecule has 4 heteroatoms. The summed E-state index contributed by atoms with van der Waals surface area (Å²) in [5.74, 6) is 1.73. The Labute approximate surface area is 128 Å². The van der Waals surface area contributed by atoms with Crippen molar-refractivity contribution < 1.29 is 9.53 Å². The largest absolute Gasteiger partial charge is 0.381 e. The number of amides is 1. The van der Waals surface area contributed by atoms with Crippen LogP contribution in [0.25, 0.3) is 0 Å². The standard InChI is InChI=1S/C17H30N2O2/c1-19(9-5-14-6-10-21-11-7-14)16(20)17-8-3-2-4-15(17)12-18-13-17/h14-15,18H,2-13H2,1H3/t15-,17+/m0/s1. The molecular formula is C17H30N2O2. The third-order valence-corrected chi connectivity index (χ3v) is 6.02. The van der Waals surface area contributed by atoms with Crippen molar-refractivity contribution >= 4 is 5.91 Å². The Kier molecular flexibility index (Phi) is 4.85. The highest BCUT2D eigenvalue weighted by molar-refractivity contribution is 5.83.